The van der Waals surface area contributed by atoms with Gasteiger partial charge in [0.05, 0.1) is 6.42 Å². The molecule has 1 aromatic rings. The quantitative estimate of drug-likeness (QED) is 0.910. The first-order chi connectivity index (χ1) is 7.49. The molecule has 0 aromatic heterocycles. The smallest absolute Gasteiger partial charge is 0.303 e. The zero-order valence-corrected chi connectivity index (χ0v) is 9.75. The van der Waals surface area contributed by atoms with Crippen LogP contribution in [0.25, 0.3) is 0 Å². The van der Waals surface area contributed by atoms with Crippen molar-refractivity contribution in [3.63, 3.8) is 0 Å². The lowest BCUT2D eigenvalue weighted by Crippen LogP contribution is -2.05. The minimum absolute atomic E-state index is 0.0784. The standard InChI is InChI=1S/C11H8BrFO3/c12-6-3-7-9(14)1-5(2-10(15)16)11(7)8(13)4-6/h3-5H,1-2H2,(H,15,16)/t5-/m0/s1. The van der Waals surface area contributed by atoms with E-state index in [0.717, 1.165) is 0 Å². The lowest BCUT2D eigenvalue weighted by molar-refractivity contribution is -0.137. The van der Waals surface area contributed by atoms with E-state index in [1.54, 1.807) is 6.07 Å². The van der Waals surface area contributed by atoms with Crippen molar-refractivity contribution in [2.45, 2.75) is 18.8 Å². The number of rotatable bonds is 2. The molecule has 0 fully saturated rings. The van der Waals surface area contributed by atoms with Gasteiger partial charge in [0.1, 0.15) is 5.82 Å². The van der Waals surface area contributed by atoms with Crippen LogP contribution in [0.5, 0.6) is 0 Å². The molecule has 0 saturated heterocycles. The molecule has 0 radical (unpaired) electrons. The normalized spacial score (nSPS) is 18.6. The van der Waals surface area contributed by atoms with Gasteiger partial charge in [0.2, 0.25) is 0 Å². The first kappa shape index (κ1) is 11.3. The highest BCUT2D eigenvalue weighted by Crippen LogP contribution is 2.38. The topological polar surface area (TPSA) is 54.4 Å². The van der Waals surface area contributed by atoms with Gasteiger partial charge in [-0.15, -0.1) is 0 Å². The molecule has 1 N–H and O–H groups in total. The van der Waals surface area contributed by atoms with E-state index in [2.05, 4.69) is 15.9 Å². The lowest BCUT2D eigenvalue weighted by atomic mass is 9.97. The summed E-state index contributed by atoms with van der Waals surface area (Å²) < 4.78 is 14.1. The van der Waals surface area contributed by atoms with Crippen LogP contribution < -0.4 is 0 Å². The summed E-state index contributed by atoms with van der Waals surface area (Å²) in [5, 5.41) is 8.69. The molecule has 5 heteroatoms. The number of carbonyl (C=O) groups is 2. The highest BCUT2D eigenvalue weighted by atomic mass is 79.9. The van der Waals surface area contributed by atoms with Gasteiger partial charge < -0.3 is 5.11 Å². The largest absolute Gasteiger partial charge is 0.481 e. The average Bonchev–Trinajstić information content (AvgIpc) is 2.42. The summed E-state index contributed by atoms with van der Waals surface area (Å²) >= 11 is 3.11. The van der Waals surface area contributed by atoms with Crippen molar-refractivity contribution in [1.82, 2.24) is 0 Å². The molecular formula is C11H8BrFO3. The van der Waals surface area contributed by atoms with E-state index >= 15 is 0 Å². The Balaban J connectivity index is 2.48. The molecule has 1 aliphatic carbocycles. The van der Waals surface area contributed by atoms with Crippen molar-refractivity contribution in [2.24, 2.45) is 0 Å². The first-order valence-electron chi connectivity index (χ1n) is 4.73. The third kappa shape index (κ3) is 1.87. The van der Waals surface area contributed by atoms with E-state index < -0.39 is 17.7 Å². The first-order valence-corrected chi connectivity index (χ1v) is 5.52. The molecule has 3 nitrogen and oxygen atoms in total. The maximum absolute atomic E-state index is 13.7. The molecule has 0 unspecified atom stereocenters. The monoisotopic (exact) mass is 286 g/mol. The van der Waals surface area contributed by atoms with Crippen molar-refractivity contribution in [1.29, 1.82) is 0 Å². The Morgan fingerprint density at radius 3 is 2.88 bits per heavy atom. The number of hydrogen-bond acceptors (Lipinski definition) is 2. The van der Waals surface area contributed by atoms with Gasteiger partial charge in [-0.3, -0.25) is 9.59 Å². The summed E-state index contributed by atoms with van der Waals surface area (Å²) in [5.41, 5.74) is 0.550. The van der Waals surface area contributed by atoms with E-state index in [1.165, 1.54) is 6.07 Å². The molecule has 0 amide bonds. The Bertz CT molecular complexity index is 484. The number of fused-ring (bicyclic) bond motifs is 1. The Kier molecular flexibility index (Phi) is 2.80. The van der Waals surface area contributed by atoms with Crippen molar-refractivity contribution >= 4 is 27.7 Å². The second kappa shape index (κ2) is 3.97. The van der Waals surface area contributed by atoms with Gasteiger partial charge in [0.15, 0.2) is 5.78 Å². The van der Waals surface area contributed by atoms with E-state index in [0.29, 0.717) is 10.0 Å². The molecule has 0 saturated carbocycles. The number of benzene rings is 1. The van der Waals surface area contributed by atoms with Gasteiger partial charge in [-0.2, -0.15) is 0 Å². The molecule has 84 valence electrons. The van der Waals surface area contributed by atoms with Crippen LogP contribution >= 0.6 is 15.9 Å². The number of aliphatic carboxylic acids is 1. The minimum atomic E-state index is -1.02. The molecule has 1 atom stereocenters. The van der Waals surface area contributed by atoms with E-state index in [-0.39, 0.29) is 24.2 Å². The van der Waals surface area contributed by atoms with Crippen LogP contribution in [0, 0.1) is 5.82 Å². The van der Waals surface area contributed by atoms with Gasteiger partial charge in [-0.25, -0.2) is 4.39 Å². The third-order valence-corrected chi connectivity index (χ3v) is 3.11. The van der Waals surface area contributed by atoms with Crippen molar-refractivity contribution in [3.05, 3.63) is 33.5 Å². The maximum atomic E-state index is 13.7. The Morgan fingerprint density at radius 2 is 2.25 bits per heavy atom. The number of carboxylic acids is 1. The van der Waals surface area contributed by atoms with E-state index in [9.17, 15) is 14.0 Å². The van der Waals surface area contributed by atoms with Crippen molar-refractivity contribution in [3.8, 4) is 0 Å². The van der Waals surface area contributed by atoms with Crippen molar-refractivity contribution < 1.29 is 19.1 Å². The number of halogens is 2. The second-order valence-electron chi connectivity index (χ2n) is 3.77. The molecule has 2 rings (SSSR count). The summed E-state index contributed by atoms with van der Waals surface area (Å²) in [6.07, 6.45) is -0.133. The molecule has 1 aliphatic rings. The van der Waals surface area contributed by atoms with Crippen LogP contribution in [0.4, 0.5) is 4.39 Å². The predicted molar refractivity (Wildman–Crippen MR) is 58.0 cm³/mol. The fourth-order valence-electron chi connectivity index (χ4n) is 2.05. The molecule has 1 aromatic carbocycles. The fraction of sp³-hybridized carbons (Fsp3) is 0.273. The summed E-state index contributed by atoms with van der Waals surface area (Å²) in [5.74, 6) is -2.26. The van der Waals surface area contributed by atoms with Crippen LogP contribution in [-0.2, 0) is 4.79 Å². The lowest BCUT2D eigenvalue weighted by Gasteiger charge is -2.08. The minimum Gasteiger partial charge on any atom is -0.481 e. The zero-order valence-electron chi connectivity index (χ0n) is 8.17. The van der Waals surface area contributed by atoms with Crippen LogP contribution in [0.3, 0.4) is 0 Å². The van der Waals surface area contributed by atoms with E-state index in [4.69, 9.17) is 5.11 Å². The van der Waals surface area contributed by atoms with Gasteiger partial charge >= 0.3 is 5.97 Å². The molecule has 0 spiro atoms. The Hall–Kier alpha value is -1.23. The Labute approximate surface area is 99.4 Å². The fourth-order valence-corrected chi connectivity index (χ4v) is 2.48. The SMILES string of the molecule is O=C(O)C[C@@H]1CC(=O)c2cc(Br)cc(F)c21. The van der Waals surface area contributed by atoms with Gasteiger partial charge in [-0.1, -0.05) is 15.9 Å². The van der Waals surface area contributed by atoms with Gasteiger partial charge in [0, 0.05) is 27.9 Å². The van der Waals surface area contributed by atoms with Crippen LogP contribution in [-0.4, -0.2) is 16.9 Å². The molecular weight excluding hydrogens is 279 g/mol. The van der Waals surface area contributed by atoms with Gasteiger partial charge in [0.25, 0.3) is 0 Å². The molecule has 0 aliphatic heterocycles. The number of hydrogen-bond donors (Lipinski definition) is 1. The molecule has 0 heterocycles. The van der Waals surface area contributed by atoms with Crippen LogP contribution in [0.2, 0.25) is 0 Å². The predicted octanol–water partition coefficient (Wildman–Crippen LogP) is 2.73. The molecule has 0 bridgehead atoms. The molecule has 16 heavy (non-hydrogen) atoms. The summed E-state index contributed by atoms with van der Waals surface area (Å²) in [6, 6.07) is 2.80. The van der Waals surface area contributed by atoms with Gasteiger partial charge in [-0.05, 0) is 12.1 Å². The van der Waals surface area contributed by atoms with Crippen LogP contribution in [0.1, 0.15) is 34.7 Å². The number of ketones is 1. The zero-order chi connectivity index (χ0) is 11.9. The average molecular weight is 287 g/mol. The maximum Gasteiger partial charge on any atom is 0.303 e. The summed E-state index contributed by atoms with van der Waals surface area (Å²) in [6.45, 7) is 0. The number of carbonyl (C=O) groups excluding carboxylic acids is 1. The summed E-state index contributed by atoms with van der Waals surface area (Å²) in [4.78, 5) is 22.2. The second-order valence-corrected chi connectivity index (χ2v) is 4.69. The number of carboxylic acid groups (broad SMARTS) is 1. The summed E-state index contributed by atoms with van der Waals surface area (Å²) in [7, 11) is 0. The Morgan fingerprint density at radius 1 is 1.56 bits per heavy atom. The third-order valence-electron chi connectivity index (χ3n) is 2.66. The van der Waals surface area contributed by atoms with Crippen molar-refractivity contribution in [2.75, 3.05) is 0 Å². The van der Waals surface area contributed by atoms with E-state index in [1.807, 2.05) is 0 Å². The number of Topliss-reactive ketones (excluding diaryl/α,β-unsaturated/α-hetero) is 1. The van der Waals surface area contributed by atoms with Crippen LogP contribution in [0.15, 0.2) is 16.6 Å². The highest BCUT2D eigenvalue weighted by Gasteiger charge is 2.33. The highest BCUT2D eigenvalue weighted by molar-refractivity contribution is 9.10.